The van der Waals surface area contributed by atoms with Crippen LogP contribution in [-0.4, -0.2) is 31.5 Å². The van der Waals surface area contributed by atoms with E-state index in [-0.39, 0.29) is 36.8 Å². The van der Waals surface area contributed by atoms with Crippen LogP contribution in [0.5, 0.6) is 5.75 Å². The Morgan fingerprint density at radius 2 is 1.92 bits per heavy atom. The monoisotopic (exact) mass is 375 g/mol. The van der Waals surface area contributed by atoms with Gasteiger partial charge in [-0.25, -0.2) is 0 Å². The van der Waals surface area contributed by atoms with Gasteiger partial charge in [0.05, 0.1) is 19.7 Å². The number of rotatable bonds is 5. The highest BCUT2D eigenvalue weighted by Gasteiger charge is 2.23. The molecule has 0 saturated carbocycles. The number of carbonyl (C=O) groups is 2. The molecule has 2 amide bonds. The first-order chi connectivity index (χ1) is 12.2. The highest BCUT2D eigenvalue weighted by atomic mass is 35.5. The number of halogens is 1. The summed E-state index contributed by atoms with van der Waals surface area (Å²) in [6, 6.07) is 14.8. The Kier molecular flexibility index (Phi) is 7.00. The van der Waals surface area contributed by atoms with Crippen molar-refractivity contribution in [1.82, 2.24) is 10.6 Å². The zero-order valence-electron chi connectivity index (χ0n) is 14.5. The second kappa shape index (κ2) is 9.22. The zero-order valence-corrected chi connectivity index (χ0v) is 15.3. The third kappa shape index (κ3) is 4.97. The molecule has 138 valence electrons. The molecule has 3 rings (SSSR count). The molecular formula is C19H22ClN3O3. The van der Waals surface area contributed by atoms with Crippen molar-refractivity contribution in [1.29, 1.82) is 0 Å². The van der Waals surface area contributed by atoms with Crippen molar-refractivity contribution < 1.29 is 14.3 Å². The van der Waals surface area contributed by atoms with Gasteiger partial charge in [-0.15, -0.1) is 12.4 Å². The van der Waals surface area contributed by atoms with E-state index in [0.717, 1.165) is 0 Å². The second-order valence-corrected chi connectivity index (χ2v) is 5.90. The lowest BCUT2D eigenvalue weighted by atomic mass is 9.95. The van der Waals surface area contributed by atoms with E-state index in [4.69, 9.17) is 4.74 Å². The Labute approximate surface area is 158 Å². The van der Waals surface area contributed by atoms with Gasteiger partial charge in [0.2, 0.25) is 11.8 Å². The second-order valence-electron chi connectivity index (χ2n) is 5.90. The van der Waals surface area contributed by atoms with Crippen molar-refractivity contribution >= 4 is 29.9 Å². The van der Waals surface area contributed by atoms with E-state index in [1.807, 2.05) is 18.2 Å². The fourth-order valence-corrected chi connectivity index (χ4v) is 2.84. The van der Waals surface area contributed by atoms with Crippen molar-refractivity contribution in [3.8, 4) is 5.75 Å². The average molecular weight is 376 g/mol. The summed E-state index contributed by atoms with van der Waals surface area (Å²) in [6.07, 6.45) is 0.625. The first-order valence-electron chi connectivity index (χ1n) is 8.17. The summed E-state index contributed by atoms with van der Waals surface area (Å²) in [5.41, 5.74) is 3.01. The average Bonchev–Trinajstić information content (AvgIpc) is 2.65. The molecule has 2 aromatic rings. The molecule has 0 spiro atoms. The van der Waals surface area contributed by atoms with E-state index < -0.39 is 0 Å². The minimum absolute atomic E-state index is 0. The van der Waals surface area contributed by atoms with Gasteiger partial charge in [-0.3, -0.25) is 9.59 Å². The molecule has 0 aliphatic carbocycles. The summed E-state index contributed by atoms with van der Waals surface area (Å²) in [5.74, 6) is 0.208. The number of ether oxygens (including phenoxy) is 1. The van der Waals surface area contributed by atoms with Crippen LogP contribution >= 0.6 is 12.4 Å². The molecule has 3 N–H and O–H groups in total. The summed E-state index contributed by atoms with van der Waals surface area (Å²) in [4.78, 5) is 24.3. The van der Waals surface area contributed by atoms with Crippen LogP contribution in [0.15, 0.2) is 48.5 Å². The van der Waals surface area contributed by atoms with E-state index in [9.17, 15) is 9.59 Å². The van der Waals surface area contributed by atoms with Gasteiger partial charge in [0.15, 0.2) is 0 Å². The van der Waals surface area contributed by atoms with Crippen LogP contribution < -0.4 is 20.7 Å². The van der Waals surface area contributed by atoms with Crippen LogP contribution in [0.25, 0.3) is 0 Å². The van der Waals surface area contributed by atoms with Crippen molar-refractivity contribution in [2.24, 2.45) is 0 Å². The van der Waals surface area contributed by atoms with Crippen molar-refractivity contribution in [3.63, 3.8) is 0 Å². The minimum atomic E-state index is -0.320. The van der Waals surface area contributed by atoms with E-state index in [1.165, 1.54) is 11.1 Å². The lowest BCUT2D eigenvalue weighted by Gasteiger charge is -2.25. The molecule has 0 radical (unpaired) electrons. The van der Waals surface area contributed by atoms with Crippen molar-refractivity contribution in [3.05, 3.63) is 59.7 Å². The standard InChI is InChI=1S/C19H21N3O3.ClH/c1-25-16-8-4-7-15(10-16)22-18(23)12-21-19(24)17-9-13-5-2-3-6-14(13)11-20-17;/h2-8,10,17,20H,9,11-12H2,1H3,(H,21,24)(H,22,23);1H/t17-;/m0./s1. The number of methoxy groups -OCH3 is 1. The quantitative estimate of drug-likeness (QED) is 0.745. The Morgan fingerprint density at radius 3 is 2.69 bits per heavy atom. The van der Waals surface area contributed by atoms with Gasteiger partial charge in [-0.05, 0) is 29.7 Å². The smallest absolute Gasteiger partial charge is 0.243 e. The van der Waals surface area contributed by atoms with E-state index in [1.54, 1.807) is 31.4 Å². The molecule has 0 bridgehead atoms. The lowest BCUT2D eigenvalue weighted by Crippen LogP contribution is -2.49. The van der Waals surface area contributed by atoms with Crippen LogP contribution in [0, 0.1) is 0 Å². The minimum Gasteiger partial charge on any atom is -0.497 e. The third-order valence-electron chi connectivity index (χ3n) is 4.17. The van der Waals surface area contributed by atoms with E-state index >= 15 is 0 Å². The first-order valence-corrected chi connectivity index (χ1v) is 8.17. The SMILES string of the molecule is COc1cccc(NC(=O)CNC(=O)[C@@H]2Cc3ccccc3CN2)c1.Cl. The maximum Gasteiger partial charge on any atom is 0.243 e. The van der Waals surface area contributed by atoms with Crippen LogP contribution in [0.3, 0.4) is 0 Å². The van der Waals surface area contributed by atoms with Gasteiger partial charge >= 0.3 is 0 Å². The molecule has 0 aromatic heterocycles. The number of benzene rings is 2. The molecule has 0 fully saturated rings. The van der Waals surface area contributed by atoms with Gasteiger partial charge < -0.3 is 20.7 Å². The van der Waals surface area contributed by atoms with Gasteiger partial charge in [0.1, 0.15) is 5.75 Å². The summed E-state index contributed by atoms with van der Waals surface area (Å²) in [5, 5.41) is 8.63. The largest absolute Gasteiger partial charge is 0.497 e. The molecule has 1 atom stereocenters. The Morgan fingerprint density at radius 1 is 1.15 bits per heavy atom. The van der Waals surface area contributed by atoms with E-state index in [0.29, 0.717) is 24.4 Å². The zero-order chi connectivity index (χ0) is 17.6. The maximum absolute atomic E-state index is 12.3. The number of hydrogen-bond donors (Lipinski definition) is 3. The van der Waals surface area contributed by atoms with Gasteiger partial charge in [-0.1, -0.05) is 30.3 Å². The lowest BCUT2D eigenvalue weighted by molar-refractivity contribution is -0.125. The fourth-order valence-electron chi connectivity index (χ4n) is 2.84. The molecular weight excluding hydrogens is 354 g/mol. The van der Waals surface area contributed by atoms with Gasteiger partial charge in [0.25, 0.3) is 0 Å². The molecule has 7 heteroatoms. The molecule has 1 aliphatic rings. The summed E-state index contributed by atoms with van der Waals surface area (Å²) >= 11 is 0. The Bertz CT molecular complexity index is 782. The van der Waals surface area contributed by atoms with Crippen molar-refractivity contribution in [2.75, 3.05) is 19.0 Å². The molecule has 26 heavy (non-hydrogen) atoms. The summed E-state index contributed by atoms with van der Waals surface area (Å²) in [6.45, 7) is 0.583. The first kappa shape index (κ1) is 19.8. The number of fused-ring (bicyclic) bond motifs is 1. The topological polar surface area (TPSA) is 79.5 Å². The third-order valence-corrected chi connectivity index (χ3v) is 4.17. The van der Waals surface area contributed by atoms with Crippen LogP contribution in [0.4, 0.5) is 5.69 Å². The molecule has 0 unspecified atom stereocenters. The summed E-state index contributed by atoms with van der Waals surface area (Å²) < 4.78 is 5.11. The predicted octanol–water partition coefficient (Wildman–Crippen LogP) is 1.89. The van der Waals surface area contributed by atoms with E-state index in [2.05, 4.69) is 22.0 Å². The fraction of sp³-hybridized carbons (Fsp3) is 0.263. The molecule has 1 aliphatic heterocycles. The number of nitrogens with one attached hydrogen (secondary N) is 3. The Balaban J connectivity index is 0.00000243. The Hall–Kier alpha value is -2.57. The van der Waals surface area contributed by atoms with Crippen LogP contribution in [-0.2, 0) is 22.6 Å². The van der Waals surface area contributed by atoms with Crippen LogP contribution in [0.1, 0.15) is 11.1 Å². The highest BCUT2D eigenvalue weighted by Crippen LogP contribution is 2.17. The predicted molar refractivity (Wildman–Crippen MR) is 103 cm³/mol. The molecule has 6 nitrogen and oxygen atoms in total. The van der Waals surface area contributed by atoms with Gasteiger partial charge in [-0.2, -0.15) is 0 Å². The number of hydrogen-bond acceptors (Lipinski definition) is 4. The normalized spacial score (nSPS) is 15.2. The van der Waals surface area contributed by atoms with Crippen molar-refractivity contribution in [2.45, 2.75) is 19.0 Å². The molecule has 2 aromatic carbocycles. The number of carbonyl (C=O) groups excluding carboxylic acids is 2. The summed E-state index contributed by atoms with van der Waals surface area (Å²) in [7, 11) is 1.57. The molecule has 0 saturated heterocycles. The number of amides is 2. The highest BCUT2D eigenvalue weighted by molar-refractivity contribution is 5.95. The molecule has 1 heterocycles. The number of anilines is 1. The van der Waals surface area contributed by atoms with Gasteiger partial charge in [0, 0.05) is 18.3 Å². The maximum atomic E-state index is 12.3. The van der Waals surface area contributed by atoms with Crippen LogP contribution in [0.2, 0.25) is 0 Å².